The largest absolute Gasteiger partial charge is 0.481 e. The van der Waals surface area contributed by atoms with Crippen molar-refractivity contribution in [3.8, 4) is 0 Å². The van der Waals surface area contributed by atoms with Gasteiger partial charge in [0.05, 0.1) is 18.9 Å². The Morgan fingerprint density at radius 1 is 0.929 bits per heavy atom. The Hall–Kier alpha value is -1.14. The lowest BCUT2D eigenvalue weighted by molar-refractivity contribution is -0.157. The molecule has 3 atom stereocenters. The van der Waals surface area contributed by atoms with E-state index >= 15 is 0 Å². The summed E-state index contributed by atoms with van der Waals surface area (Å²) in [6.07, 6.45) is 9.14. The molecule has 6 heteroatoms. The van der Waals surface area contributed by atoms with Crippen molar-refractivity contribution >= 4 is 11.9 Å². The van der Waals surface area contributed by atoms with Gasteiger partial charge in [0.2, 0.25) is 0 Å². The van der Waals surface area contributed by atoms with Crippen LogP contribution >= 0.6 is 0 Å². The van der Waals surface area contributed by atoms with E-state index in [1.54, 1.807) is 0 Å². The van der Waals surface area contributed by atoms with Gasteiger partial charge in [-0.05, 0) is 57.5 Å². The first-order chi connectivity index (χ1) is 13.5. The standard InChI is InChI=1S/C22H41NO5/c1-3-5-7-15-23(16-8-6-4-2)17-18-9-11-19(24)20(12-10-18)28-22(27)14-13-21(25)26/h18-20,24H,3-17H2,1-2H3,(H,25,26). The van der Waals surface area contributed by atoms with E-state index in [-0.39, 0.29) is 12.8 Å². The molecule has 3 unspecified atom stereocenters. The highest BCUT2D eigenvalue weighted by molar-refractivity contribution is 5.76. The van der Waals surface area contributed by atoms with Crippen molar-refractivity contribution in [1.82, 2.24) is 4.90 Å². The zero-order valence-corrected chi connectivity index (χ0v) is 17.9. The molecule has 0 radical (unpaired) electrons. The van der Waals surface area contributed by atoms with E-state index in [1.165, 1.54) is 38.5 Å². The molecule has 1 rings (SSSR count). The van der Waals surface area contributed by atoms with Crippen LogP contribution in [0.3, 0.4) is 0 Å². The number of aliphatic hydroxyl groups excluding tert-OH is 1. The van der Waals surface area contributed by atoms with E-state index in [0.717, 1.165) is 32.5 Å². The number of hydrogen-bond acceptors (Lipinski definition) is 5. The van der Waals surface area contributed by atoms with E-state index in [1.807, 2.05) is 0 Å². The van der Waals surface area contributed by atoms with Crippen molar-refractivity contribution in [3.05, 3.63) is 0 Å². The lowest BCUT2D eigenvalue weighted by atomic mass is 9.99. The number of aliphatic carboxylic acids is 1. The van der Waals surface area contributed by atoms with Crippen molar-refractivity contribution < 1.29 is 24.5 Å². The van der Waals surface area contributed by atoms with Crippen LogP contribution in [0.2, 0.25) is 0 Å². The number of rotatable bonds is 14. The van der Waals surface area contributed by atoms with Crippen LogP contribution in [0.4, 0.5) is 0 Å². The van der Waals surface area contributed by atoms with Gasteiger partial charge in [-0.3, -0.25) is 9.59 Å². The molecule has 0 heterocycles. The first kappa shape index (κ1) is 24.9. The fraction of sp³-hybridized carbons (Fsp3) is 0.909. The molecule has 6 nitrogen and oxygen atoms in total. The molecule has 2 N–H and O–H groups in total. The fourth-order valence-corrected chi connectivity index (χ4v) is 3.92. The average molecular weight is 400 g/mol. The molecular weight excluding hydrogens is 358 g/mol. The SMILES string of the molecule is CCCCCN(CCCCC)CC1CCC(O)C(OC(=O)CCC(=O)O)CC1. The predicted octanol–water partition coefficient (Wildman–Crippen LogP) is 4.00. The summed E-state index contributed by atoms with van der Waals surface area (Å²) in [6, 6.07) is 0. The third kappa shape index (κ3) is 11.0. The van der Waals surface area contributed by atoms with Crippen molar-refractivity contribution in [2.45, 2.75) is 103 Å². The number of unbranched alkanes of at least 4 members (excludes halogenated alkanes) is 4. The molecule has 0 amide bonds. The molecule has 1 aliphatic rings. The Bertz CT molecular complexity index is 433. The van der Waals surface area contributed by atoms with Gasteiger partial charge in [-0.15, -0.1) is 0 Å². The van der Waals surface area contributed by atoms with Gasteiger partial charge >= 0.3 is 11.9 Å². The maximum absolute atomic E-state index is 11.8. The van der Waals surface area contributed by atoms with Crippen LogP contribution in [0, 0.1) is 5.92 Å². The van der Waals surface area contributed by atoms with Crippen LogP contribution in [0.25, 0.3) is 0 Å². The summed E-state index contributed by atoms with van der Waals surface area (Å²) in [5, 5.41) is 19.0. The summed E-state index contributed by atoms with van der Waals surface area (Å²) < 4.78 is 5.38. The number of carboxylic acids is 1. The molecule has 0 saturated heterocycles. The minimum atomic E-state index is -1.01. The molecule has 0 aromatic rings. The minimum absolute atomic E-state index is 0.134. The molecule has 28 heavy (non-hydrogen) atoms. The van der Waals surface area contributed by atoms with Crippen molar-refractivity contribution in [1.29, 1.82) is 0 Å². The molecule has 0 aromatic carbocycles. The van der Waals surface area contributed by atoms with Crippen LogP contribution < -0.4 is 0 Å². The number of nitrogens with zero attached hydrogens (tertiary/aromatic N) is 1. The number of ether oxygens (including phenoxy) is 1. The molecule has 164 valence electrons. The number of aliphatic hydroxyl groups is 1. The van der Waals surface area contributed by atoms with Gasteiger partial charge in [-0.1, -0.05) is 39.5 Å². The molecular formula is C22H41NO5. The van der Waals surface area contributed by atoms with Crippen molar-refractivity contribution in [3.63, 3.8) is 0 Å². The fourth-order valence-electron chi connectivity index (χ4n) is 3.92. The minimum Gasteiger partial charge on any atom is -0.481 e. The molecule has 0 aromatic heterocycles. The zero-order chi connectivity index (χ0) is 20.8. The molecule has 0 bridgehead atoms. The Morgan fingerprint density at radius 2 is 1.54 bits per heavy atom. The summed E-state index contributed by atoms with van der Waals surface area (Å²) in [5.74, 6) is -1.02. The number of esters is 1. The van der Waals surface area contributed by atoms with Gasteiger partial charge in [0.1, 0.15) is 6.10 Å². The quantitative estimate of drug-likeness (QED) is 0.261. The summed E-state index contributed by atoms with van der Waals surface area (Å²) in [5.41, 5.74) is 0. The number of carbonyl (C=O) groups is 2. The van der Waals surface area contributed by atoms with Crippen LogP contribution in [-0.4, -0.2) is 58.9 Å². The molecule has 1 saturated carbocycles. The highest BCUT2D eigenvalue weighted by Gasteiger charge is 2.29. The molecule has 1 aliphatic carbocycles. The zero-order valence-electron chi connectivity index (χ0n) is 17.9. The summed E-state index contributed by atoms with van der Waals surface area (Å²) in [6.45, 7) is 7.80. The Kier molecular flexibility index (Phi) is 13.2. The summed E-state index contributed by atoms with van der Waals surface area (Å²) in [7, 11) is 0. The van der Waals surface area contributed by atoms with Crippen LogP contribution in [0.1, 0.15) is 90.9 Å². The first-order valence-electron chi connectivity index (χ1n) is 11.3. The van der Waals surface area contributed by atoms with Crippen molar-refractivity contribution in [2.75, 3.05) is 19.6 Å². The summed E-state index contributed by atoms with van der Waals surface area (Å²) in [4.78, 5) is 25.0. The Labute approximate surface area is 170 Å². The van der Waals surface area contributed by atoms with Gasteiger partial charge < -0.3 is 19.8 Å². The summed E-state index contributed by atoms with van der Waals surface area (Å²) >= 11 is 0. The van der Waals surface area contributed by atoms with Gasteiger partial charge in [0.15, 0.2) is 0 Å². The van der Waals surface area contributed by atoms with Crippen LogP contribution in [-0.2, 0) is 14.3 Å². The molecule has 0 spiro atoms. The highest BCUT2D eigenvalue weighted by atomic mass is 16.6. The number of hydrogen-bond donors (Lipinski definition) is 2. The third-order valence-electron chi connectivity index (χ3n) is 5.66. The van der Waals surface area contributed by atoms with E-state index in [9.17, 15) is 14.7 Å². The number of carboxylic acid groups (broad SMARTS) is 1. The third-order valence-corrected chi connectivity index (χ3v) is 5.66. The normalized spacial score (nSPS) is 22.8. The van der Waals surface area contributed by atoms with E-state index in [2.05, 4.69) is 18.7 Å². The van der Waals surface area contributed by atoms with Crippen LogP contribution in [0.15, 0.2) is 0 Å². The van der Waals surface area contributed by atoms with Gasteiger partial charge in [0, 0.05) is 6.54 Å². The predicted molar refractivity (Wildman–Crippen MR) is 110 cm³/mol. The maximum atomic E-state index is 11.8. The monoisotopic (exact) mass is 399 g/mol. The van der Waals surface area contributed by atoms with E-state index < -0.39 is 24.1 Å². The lowest BCUT2D eigenvalue weighted by Crippen LogP contribution is -2.31. The van der Waals surface area contributed by atoms with Gasteiger partial charge in [0.25, 0.3) is 0 Å². The topological polar surface area (TPSA) is 87.1 Å². The molecule has 1 fully saturated rings. The molecule has 0 aliphatic heterocycles. The first-order valence-corrected chi connectivity index (χ1v) is 11.3. The maximum Gasteiger partial charge on any atom is 0.306 e. The van der Waals surface area contributed by atoms with Crippen molar-refractivity contribution in [2.24, 2.45) is 5.92 Å². The second-order valence-electron chi connectivity index (χ2n) is 8.22. The smallest absolute Gasteiger partial charge is 0.306 e. The second kappa shape index (κ2) is 14.8. The van der Waals surface area contributed by atoms with E-state index in [4.69, 9.17) is 9.84 Å². The lowest BCUT2D eigenvalue weighted by Gasteiger charge is -2.27. The van der Waals surface area contributed by atoms with E-state index in [0.29, 0.717) is 18.8 Å². The van der Waals surface area contributed by atoms with Gasteiger partial charge in [-0.25, -0.2) is 0 Å². The van der Waals surface area contributed by atoms with Gasteiger partial charge in [-0.2, -0.15) is 0 Å². The second-order valence-corrected chi connectivity index (χ2v) is 8.22. The number of carbonyl (C=O) groups excluding carboxylic acids is 1. The highest BCUT2D eigenvalue weighted by Crippen LogP contribution is 2.27. The van der Waals surface area contributed by atoms with Crippen LogP contribution in [0.5, 0.6) is 0 Å². The average Bonchev–Trinajstić information content (AvgIpc) is 2.82. The Morgan fingerprint density at radius 3 is 2.11 bits per heavy atom. The Balaban J connectivity index is 2.48.